The highest BCUT2D eigenvalue weighted by Gasteiger charge is 2.12. The van der Waals surface area contributed by atoms with Gasteiger partial charge in [-0.3, -0.25) is 9.48 Å². The molecule has 0 fully saturated rings. The standard InChI is InChI=1S/C19H18N6O2/c1-12-8-16(24(2)23-12)19(26)21-13-4-3-5-14(9-13)27-15-6-7-18-22-17(20)11-25(18)10-15/h3-11H,20H2,1-2H3,(H,21,26). The van der Waals surface area contributed by atoms with Gasteiger partial charge in [0.05, 0.1) is 18.1 Å². The fourth-order valence-electron chi connectivity index (χ4n) is 2.84. The maximum Gasteiger partial charge on any atom is 0.273 e. The summed E-state index contributed by atoms with van der Waals surface area (Å²) < 4.78 is 9.24. The molecule has 1 aromatic carbocycles. The molecule has 0 aliphatic carbocycles. The Labute approximate surface area is 155 Å². The van der Waals surface area contributed by atoms with E-state index in [0.717, 1.165) is 11.3 Å². The Morgan fingerprint density at radius 1 is 1.15 bits per heavy atom. The Morgan fingerprint density at radius 3 is 2.78 bits per heavy atom. The van der Waals surface area contributed by atoms with E-state index in [9.17, 15) is 4.79 Å². The topological polar surface area (TPSA) is 99.5 Å². The molecule has 0 radical (unpaired) electrons. The van der Waals surface area contributed by atoms with Crippen LogP contribution < -0.4 is 15.8 Å². The second-order valence-corrected chi connectivity index (χ2v) is 6.17. The average molecular weight is 362 g/mol. The zero-order chi connectivity index (χ0) is 19.0. The lowest BCUT2D eigenvalue weighted by molar-refractivity contribution is 0.101. The van der Waals surface area contributed by atoms with Gasteiger partial charge < -0.3 is 20.2 Å². The van der Waals surface area contributed by atoms with Crippen molar-refractivity contribution in [3.63, 3.8) is 0 Å². The molecule has 0 atom stereocenters. The number of carbonyl (C=O) groups excluding carboxylic acids is 1. The van der Waals surface area contributed by atoms with Crippen LogP contribution in [0.25, 0.3) is 5.65 Å². The van der Waals surface area contributed by atoms with E-state index in [1.54, 1.807) is 46.7 Å². The van der Waals surface area contributed by atoms with Crippen LogP contribution in [0.2, 0.25) is 0 Å². The summed E-state index contributed by atoms with van der Waals surface area (Å²) in [7, 11) is 1.74. The van der Waals surface area contributed by atoms with Crippen LogP contribution in [0.1, 0.15) is 16.2 Å². The summed E-state index contributed by atoms with van der Waals surface area (Å²) in [6.45, 7) is 1.84. The summed E-state index contributed by atoms with van der Waals surface area (Å²) in [5.41, 5.74) is 8.35. The second kappa shape index (κ2) is 6.49. The summed E-state index contributed by atoms with van der Waals surface area (Å²) in [6, 6.07) is 12.6. The van der Waals surface area contributed by atoms with E-state index in [-0.39, 0.29) is 5.91 Å². The SMILES string of the molecule is Cc1cc(C(=O)Nc2cccc(Oc3ccc4nc(N)cn4c3)c2)n(C)n1. The molecule has 3 heterocycles. The molecule has 0 aliphatic heterocycles. The van der Waals surface area contributed by atoms with Crippen LogP contribution in [0.4, 0.5) is 11.5 Å². The molecule has 4 aromatic rings. The van der Waals surface area contributed by atoms with Gasteiger partial charge >= 0.3 is 0 Å². The third-order valence-electron chi connectivity index (χ3n) is 4.00. The highest BCUT2D eigenvalue weighted by atomic mass is 16.5. The van der Waals surface area contributed by atoms with Gasteiger partial charge in [-0.1, -0.05) is 6.07 Å². The van der Waals surface area contributed by atoms with Gasteiger partial charge in [0.2, 0.25) is 0 Å². The number of hydrogen-bond acceptors (Lipinski definition) is 5. The van der Waals surface area contributed by atoms with Crippen molar-refractivity contribution in [1.82, 2.24) is 19.2 Å². The van der Waals surface area contributed by atoms with Crippen LogP contribution in [-0.2, 0) is 7.05 Å². The molecule has 0 aliphatic rings. The lowest BCUT2D eigenvalue weighted by Crippen LogP contribution is -2.16. The number of nitrogens with two attached hydrogens (primary N) is 1. The minimum atomic E-state index is -0.231. The van der Waals surface area contributed by atoms with Gasteiger partial charge in [0.1, 0.15) is 28.7 Å². The lowest BCUT2D eigenvalue weighted by atomic mass is 10.2. The number of rotatable bonds is 4. The molecular formula is C19H18N6O2. The minimum absolute atomic E-state index is 0.231. The zero-order valence-electron chi connectivity index (χ0n) is 14.9. The first-order chi connectivity index (χ1) is 13.0. The number of aryl methyl sites for hydroxylation is 2. The van der Waals surface area contributed by atoms with Crippen LogP contribution in [0.5, 0.6) is 11.5 Å². The number of nitrogens with one attached hydrogen (secondary N) is 1. The Balaban J connectivity index is 1.53. The molecular weight excluding hydrogens is 344 g/mol. The van der Waals surface area contributed by atoms with Crippen molar-refractivity contribution in [1.29, 1.82) is 0 Å². The van der Waals surface area contributed by atoms with E-state index < -0.39 is 0 Å². The van der Waals surface area contributed by atoms with Gasteiger partial charge in [0.25, 0.3) is 5.91 Å². The molecule has 0 saturated carbocycles. The Kier molecular flexibility index (Phi) is 4.00. The van der Waals surface area contributed by atoms with Crippen molar-refractivity contribution >= 4 is 23.1 Å². The first kappa shape index (κ1) is 16.6. The predicted octanol–water partition coefficient (Wildman–Crippen LogP) is 3.00. The van der Waals surface area contributed by atoms with Gasteiger partial charge in [0.15, 0.2) is 0 Å². The van der Waals surface area contributed by atoms with E-state index in [0.29, 0.717) is 28.7 Å². The van der Waals surface area contributed by atoms with Gasteiger partial charge in [0, 0.05) is 18.8 Å². The first-order valence-electron chi connectivity index (χ1n) is 8.32. The third kappa shape index (κ3) is 3.45. The van der Waals surface area contributed by atoms with Crippen LogP contribution in [0.15, 0.2) is 54.9 Å². The highest BCUT2D eigenvalue weighted by molar-refractivity contribution is 6.03. The average Bonchev–Trinajstić information content (AvgIpc) is 3.15. The van der Waals surface area contributed by atoms with E-state index in [1.165, 1.54) is 0 Å². The van der Waals surface area contributed by atoms with Crippen LogP contribution in [-0.4, -0.2) is 25.1 Å². The number of imidazole rings is 1. The Bertz CT molecular complexity index is 1140. The van der Waals surface area contributed by atoms with Gasteiger partial charge in [-0.2, -0.15) is 5.10 Å². The first-order valence-corrected chi connectivity index (χ1v) is 8.32. The number of anilines is 2. The van der Waals surface area contributed by atoms with E-state index in [4.69, 9.17) is 10.5 Å². The number of nitrogen functional groups attached to an aromatic ring is 1. The number of amides is 1. The molecule has 3 N–H and O–H groups in total. The van der Waals surface area contributed by atoms with Crippen molar-refractivity contribution in [3.05, 3.63) is 66.2 Å². The summed E-state index contributed by atoms with van der Waals surface area (Å²) in [6.07, 6.45) is 3.51. The Morgan fingerprint density at radius 2 is 2.00 bits per heavy atom. The number of pyridine rings is 1. The lowest BCUT2D eigenvalue weighted by Gasteiger charge is -2.09. The second-order valence-electron chi connectivity index (χ2n) is 6.17. The monoisotopic (exact) mass is 362 g/mol. The molecule has 8 heteroatoms. The van der Waals surface area contributed by atoms with Gasteiger partial charge in [-0.15, -0.1) is 0 Å². The van der Waals surface area contributed by atoms with E-state index in [2.05, 4.69) is 15.4 Å². The number of carbonyl (C=O) groups is 1. The molecule has 0 spiro atoms. The summed E-state index contributed by atoms with van der Waals surface area (Å²) in [4.78, 5) is 16.6. The predicted molar refractivity (Wildman–Crippen MR) is 102 cm³/mol. The molecule has 0 saturated heterocycles. The normalized spacial score (nSPS) is 10.9. The maximum absolute atomic E-state index is 12.4. The number of aromatic nitrogens is 4. The van der Waals surface area contributed by atoms with Crippen LogP contribution >= 0.6 is 0 Å². The third-order valence-corrected chi connectivity index (χ3v) is 4.00. The largest absolute Gasteiger partial charge is 0.456 e. The smallest absolute Gasteiger partial charge is 0.273 e. The molecule has 3 aromatic heterocycles. The van der Waals surface area contributed by atoms with E-state index in [1.807, 2.05) is 31.2 Å². The molecule has 8 nitrogen and oxygen atoms in total. The molecule has 27 heavy (non-hydrogen) atoms. The minimum Gasteiger partial charge on any atom is -0.456 e. The van der Waals surface area contributed by atoms with Crippen molar-refractivity contribution < 1.29 is 9.53 Å². The van der Waals surface area contributed by atoms with Crippen LogP contribution in [0, 0.1) is 6.92 Å². The van der Waals surface area contributed by atoms with Crippen molar-refractivity contribution in [2.75, 3.05) is 11.1 Å². The molecule has 4 rings (SSSR count). The number of ether oxygens (including phenoxy) is 1. The van der Waals surface area contributed by atoms with Gasteiger partial charge in [-0.25, -0.2) is 4.98 Å². The van der Waals surface area contributed by atoms with Crippen molar-refractivity contribution in [2.45, 2.75) is 6.92 Å². The summed E-state index contributed by atoms with van der Waals surface area (Å²) in [5, 5.41) is 7.05. The fourth-order valence-corrected chi connectivity index (χ4v) is 2.84. The molecule has 136 valence electrons. The Hall–Kier alpha value is -3.81. The number of fused-ring (bicyclic) bond motifs is 1. The highest BCUT2D eigenvalue weighted by Crippen LogP contribution is 2.25. The number of benzene rings is 1. The molecule has 0 bridgehead atoms. The maximum atomic E-state index is 12.4. The molecule has 1 amide bonds. The van der Waals surface area contributed by atoms with Crippen molar-refractivity contribution in [2.24, 2.45) is 7.05 Å². The molecule has 0 unspecified atom stereocenters. The number of nitrogens with zero attached hydrogens (tertiary/aromatic N) is 4. The van der Waals surface area contributed by atoms with E-state index >= 15 is 0 Å². The number of hydrogen-bond donors (Lipinski definition) is 2. The summed E-state index contributed by atoms with van der Waals surface area (Å²) >= 11 is 0. The van der Waals surface area contributed by atoms with Gasteiger partial charge in [-0.05, 0) is 37.3 Å². The summed E-state index contributed by atoms with van der Waals surface area (Å²) in [5.74, 6) is 1.44. The fraction of sp³-hybridized carbons (Fsp3) is 0.105. The zero-order valence-corrected chi connectivity index (χ0v) is 14.9. The quantitative estimate of drug-likeness (QED) is 0.581. The van der Waals surface area contributed by atoms with Crippen molar-refractivity contribution in [3.8, 4) is 11.5 Å². The van der Waals surface area contributed by atoms with Crippen LogP contribution in [0.3, 0.4) is 0 Å².